The monoisotopic (exact) mass is 395 g/mol. The second-order valence-corrected chi connectivity index (χ2v) is 7.17. The van der Waals surface area contributed by atoms with Gasteiger partial charge in [-0.25, -0.2) is 9.50 Å². The van der Waals surface area contributed by atoms with E-state index >= 15 is 0 Å². The number of ether oxygens (including phenoxy) is 3. The number of fused-ring (bicyclic) bond motifs is 1. The molecule has 0 N–H and O–H groups in total. The van der Waals surface area contributed by atoms with Crippen molar-refractivity contribution in [3.63, 3.8) is 0 Å². The second-order valence-electron chi connectivity index (χ2n) is 6.13. The number of imidazole rings is 1. The highest BCUT2D eigenvalue weighted by Gasteiger charge is 2.22. The first-order chi connectivity index (χ1) is 13.7. The first-order valence-electron chi connectivity index (χ1n) is 8.94. The van der Waals surface area contributed by atoms with Crippen LogP contribution in [0.2, 0.25) is 0 Å². The van der Waals surface area contributed by atoms with Crippen molar-refractivity contribution in [3.05, 3.63) is 47.5 Å². The lowest BCUT2D eigenvalue weighted by atomic mass is 10.0. The Morgan fingerprint density at radius 3 is 2.18 bits per heavy atom. The molecule has 0 radical (unpaired) electrons. The largest absolute Gasteiger partial charge is 0.493 e. The molecule has 0 amide bonds. The van der Waals surface area contributed by atoms with Gasteiger partial charge in [-0.15, -0.1) is 0 Å². The lowest BCUT2D eigenvalue weighted by Gasteiger charge is -2.14. The predicted molar refractivity (Wildman–Crippen MR) is 111 cm³/mol. The van der Waals surface area contributed by atoms with E-state index in [2.05, 4.69) is 19.1 Å². The van der Waals surface area contributed by atoms with Crippen molar-refractivity contribution in [3.8, 4) is 39.8 Å². The first-order valence-corrected chi connectivity index (χ1v) is 9.76. The van der Waals surface area contributed by atoms with Crippen LogP contribution < -0.4 is 14.2 Å². The molecule has 0 atom stereocenters. The maximum atomic E-state index is 5.53. The van der Waals surface area contributed by atoms with Gasteiger partial charge in [0.2, 0.25) is 10.7 Å². The molecule has 4 rings (SSSR count). The minimum atomic E-state index is 0.558. The Kier molecular flexibility index (Phi) is 4.92. The number of methoxy groups -OCH3 is 3. The van der Waals surface area contributed by atoms with Gasteiger partial charge in [0.05, 0.1) is 21.3 Å². The van der Waals surface area contributed by atoms with Gasteiger partial charge in [0.15, 0.2) is 11.5 Å². The van der Waals surface area contributed by atoms with Crippen LogP contribution in [0.3, 0.4) is 0 Å². The summed E-state index contributed by atoms with van der Waals surface area (Å²) in [6.07, 6.45) is 0.877. The molecule has 0 spiro atoms. The highest BCUT2D eigenvalue weighted by Crippen LogP contribution is 2.43. The van der Waals surface area contributed by atoms with Crippen LogP contribution in [0.4, 0.5) is 0 Å². The summed E-state index contributed by atoms with van der Waals surface area (Å²) in [5, 5.41) is 5.81. The molecule has 2 aromatic heterocycles. The molecule has 0 fully saturated rings. The van der Waals surface area contributed by atoms with E-state index in [-0.39, 0.29) is 0 Å². The molecule has 0 aliphatic carbocycles. The number of hydrogen-bond donors (Lipinski definition) is 0. The maximum absolute atomic E-state index is 5.53. The van der Waals surface area contributed by atoms with Crippen molar-refractivity contribution in [1.29, 1.82) is 0 Å². The van der Waals surface area contributed by atoms with Gasteiger partial charge in [-0.1, -0.05) is 48.6 Å². The average molecular weight is 395 g/mol. The standard InChI is InChI=1S/C21H21N3O3S/c1-5-17-23-24-19(13-9-7-6-8-10-13)18(22-21(24)28-17)14-11-15(25-2)20(27-4)16(12-14)26-3/h6-12H,5H2,1-4H3. The third kappa shape index (κ3) is 2.97. The molecule has 144 valence electrons. The molecule has 0 aliphatic rings. The van der Waals surface area contributed by atoms with E-state index in [0.717, 1.165) is 38.9 Å². The zero-order valence-electron chi connectivity index (χ0n) is 16.2. The number of aryl methyl sites for hydroxylation is 1. The Morgan fingerprint density at radius 2 is 1.61 bits per heavy atom. The zero-order valence-corrected chi connectivity index (χ0v) is 17.0. The Morgan fingerprint density at radius 1 is 0.929 bits per heavy atom. The van der Waals surface area contributed by atoms with Gasteiger partial charge in [0.1, 0.15) is 16.4 Å². The van der Waals surface area contributed by atoms with E-state index in [1.54, 1.807) is 32.7 Å². The molecule has 0 saturated carbocycles. The van der Waals surface area contributed by atoms with E-state index < -0.39 is 0 Å². The number of aromatic nitrogens is 3. The van der Waals surface area contributed by atoms with Crippen molar-refractivity contribution < 1.29 is 14.2 Å². The van der Waals surface area contributed by atoms with Crippen LogP contribution in [0.25, 0.3) is 27.5 Å². The van der Waals surface area contributed by atoms with Crippen LogP contribution in [0.5, 0.6) is 17.2 Å². The SMILES string of the molecule is CCc1nn2c(-c3ccccc3)c(-c3cc(OC)c(OC)c(OC)c3)nc2s1. The summed E-state index contributed by atoms with van der Waals surface area (Å²) < 4.78 is 18.4. The molecular weight excluding hydrogens is 374 g/mol. The molecule has 2 heterocycles. The predicted octanol–water partition coefficient (Wildman–Crippen LogP) is 4.71. The smallest absolute Gasteiger partial charge is 0.213 e. The van der Waals surface area contributed by atoms with Gasteiger partial charge in [0, 0.05) is 11.1 Å². The van der Waals surface area contributed by atoms with E-state index in [1.165, 1.54) is 0 Å². The van der Waals surface area contributed by atoms with Gasteiger partial charge in [0.25, 0.3) is 0 Å². The Labute approximate surface area is 167 Å². The lowest BCUT2D eigenvalue weighted by molar-refractivity contribution is 0.324. The van der Waals surface area contributed by atoms with Crippen molar-refractivity contribution in [2.75, 3.05) is 21.3 Å². The number of hydrogen-bond acceptors (Lipinski definition) is 6. The van der Waals surface area contributed by atoms with Crippen LogP contribution in [0.1, 0.15) is 11.9 Å². The van der Waals surface area contributed by atoms with Gasteiger partial charge < -0.3 is 14.2 Å². The van der Waals surface area contributed by atoms with E-state index in [4.69, 9.17) is 24.3 Å². The van der Waals surface area contributed by atoms with E-state index in [9.17, 15) is 0 Å². The first kappa shape index (κ1) is 18.3. The quantitative estimate of drug-likeness (QED) is 0.473. The zero-order chi connectivity index (χ0) is 19.7. The number of benzene rings is 2. The molecular formula is C21H21N3O3S. The van der Waals surface area contributed by atoms with Crippen molar-refractivity contribution in [2.45, 2.75) is 13.3 Å². The fourth-order valence-corrected chi connectivity index (χ4v) is 4.04. The molecule has 4 aromatic rings. The van der Waals surface area contributed by atoms with Gasteiger partial charge >= 0.3 is 0 Å². The summed E-state index contributed by atoms with van der Waals surface area (Å²) in [6.45, 7) is 2.10. The Balaban J connectivity index is 2.00. The van der Waals surface area contributed by atoms with Gasteiger partial charge in [-0.3, -0.25) is 0 Å². The van der Waals surface area contributed by atoms with Crippen LogP contribution in [0.15, 0.2) is 42.5 Å². The third-order valence-electron chi connectivity index (χ3n) is 4.53. The summed E-state index contributed by atoms with van der Waals surface area (Å²) in [5.74, 6) is 1.74. The van der Waals surface area contributed by atoms with Crippen LogP contribution >= 0.6 is 11.3 Å². The number of rotatable bonds is 6. The van der Waals surface area contributed by atoms with Crippen molar-refractivity contribution in [2.24, 2.45) is 0 Å². The Hall–Kier alpha value is -3.06. The fraction of sp³-hybridized carbons (Fsp3) is 0.238. The summed E-state index contributed by atoms with van der Waals surface area (Å²) in [7, 11) is 4.82. The van der Waals surface area contributed by atoms with E-state index in [0.29, 0.717) is 17.2 Å². The van der Waals surface area contributed by atoms with Crippen molar-refractivity contribution >= 4 is 16.3 Å². The van der Waals surface area contributed by atoms with E-state index in [1.807, 2.05) is 34.8 Å². The average Bonchev–Trinajstić information content (AvgIpc) is 3.30. The summed E-state index contributed by atoms with van der Waals surface area (Å²) in [4.78, 5) is 5.76. The molecule has 0 unspecified atom stereocenters. The highest BCUT2D eigenvalue weighted by molar-refractivity contribution is 7.16. The molecule has 0 saturated heterocycles. The summed E-state index contributed by atoms with van der Waals surface area (Å²) in [5.41, 5.74) is 3.70. The molecule has 7 heteroatoms. The van der Waals surface area contributed by atoms with Crippen LogP contribution in [-0.4, -0.2) is 35.9 Å². The Bertz CT molecular complexity index is 1090. The van der Waals surface area contributed by atoms with Gasteiger partial charge in [-0.05, 0) is 18.6 Å². The second kappa shape index (κ2) is 7.52. The molecule has 28 heavy (non-hydrogen) atoms. The summed E-state index contributed by atoms with van der Waals surface area (Å²) in [6, 6.07) is 14.0. The fourth-order valence-electron chi connectivity index (χ4n) is 3.21. The normalized spacial score (nSPS) is 11.0. The highest BCUT2D eigenvalue weighted by atomic mass is 32.1. The van der Waals surface area contributed by atoms with Crippen LogP contribution in [-0.2, 0) is 6.42 Å². The van der Waals surface area contributed by atoms with Crippen LogP contribution in [0, 0.1) is 0 Å². The van der Waals surface area contributed by atoms with Crippen molar-refractivity contribution in [1.82, 2.24) is 14.6 Å². The summed E-state index contributed by atoms with van der Waals surface area (Å²) >= 11 is 1.60. The van der Waals surface area contributed by atoms with Gasteiger partial charge in [-0.2, -0.15) is 5.10 Å². The molecule has 0 bridgehead atoms. The third-order valence-corrected chi connectivity index (χ3v) is 5.59. The lowest BCUT2D eigenvalue weighted by Crippen LogP contribution is -1.97. The molecule has 2 aromatic carbocycles. The molecule has 6 nitrogen and oxygen atoms in total. The number of nitrogens with zero attached hydrogens (tertiary/aromatic N) is 3. The maximum Gasteiger partial charge on any atom is 0.213 e. The molecule has 0 aliphatic heterocycles. The minimum Gasteiger partial charge on any atom is -0.493 e. The minimum absolute atomic E-state index is 0.558. The topological polar surface area (TPSA) is 57.9 Å².